The normalized spacial score (nSPS) is 18.3. The number of aromatic nitrogens is 5. The number of rotatable bonds is 3. The first-order chi connectivity index (χ1) is 13.4. The van der Waals surface area contributed by atoms with Crippen molar-refractivity contribution in [3.63, 3.8) is 0 Å². The third-order valence-electron chi connectivity index (χ3n) is 5.21. The van der Waals surface area contributed by atoms with Gasteiger partial charge in [0.25, 0.3) is 0 Å². The smallest absolute Gasteiger partial charge is 0.142 e. The first kappa shape index (κ1) is 16.2. The molecule has 0 unspecified atom stereocenters. The number of fused-ring (bicyclic) bond motifs is 1. The summed E-state index contributed by atoms with van der Waals surface area (Å²) in [5.41, 5.74) is 0.883. The Hall–Kier alpha value is -2.94. The Morgan fingerprint density at radius 3 is 2.22 bits per heavy atom. The lowest BCUT2D eigenvalue weighted by Crippen LogP contribution is -2.47. The molecule has 0 radical (unpaired) electrons. The van der Waals surface area contributed by atoms with E-state index in [2.05, 4.69) is 45.7 Å². The average Bonchev–Trinajstić information content (AvgIpc) is 3.24. The number of anilines is 3. The van der Waals surface area contributed by atoms with Crippen molar-refractivity contribution >= 4 is 28.5 Å². The molecule has 2 aliphatic rings. The zero-order valence-corrected chi connectivity index (χ0v) is 15.1. The summed E-state index contributed by atoms with van der Waals surface area (Å²) < 4.78 is 5.43. The molecule has 0 aliphatic carbocycles. The van der Waals surface area contributed by atoms with Crippen LogP contribution in [0.2, 0.25) is 0 Å². The topological polar surface area (TPSA) is 86.3 Å². The number of H-pyrrole nitrogens is 1. The number of morpholine rings is 1. The highest BCUT2D eigenvalue weighted by Crippen LogP contribution is 2.25. The van der Waals surface area contributed by atoms with Crippen LogP contribution in [0.4, 0.5) is 17.5 Å². The van der Waals surface area contributed by atoms with Gasteiger partial charge in [0, 0.05) is 51.5 Å². The molecule has 0 amide bonds. The van der Waals surface area contributed by atoms with Crippen LogP contribution in [0.5, 0.6) is 0 Å². The van der Waals surface area contributed by atoms with E-state index in [9.17, 15) is 0 Å². The van der Waals surface area contributed by atoms with E-state index < -0.39 is 0 Å². The molecule has 2 aliphatic heterocycles. The summed E-state index contributed by atoms with van der Waals surface area (Å²) in [6.07, 6.45) is 5.20. The van der Waals surface area contributed by atoms with Crippen molar-refractivity contribution in [1.82, 2.24) is 24.9 Å². The molecule has 0 spiro atoms. The number of aromatic amines is 1. The lowest BCUT2D eigenvalue weighted by Gasteiger charge is -2.36. The van der Waals surface area contributed by atoms with Crippen LogP contribution in [-0.4, -0.2) is 77.4 Å². The van der Waals surface area contributed by atoms with Crippen molar-refractivity contribution in [2.45, 2.75) is 0 Å². The van der Waals surface area contributed by atoms with Gasteiger partial charge in [-0.05, 0) is 6.07 Å². The Bertz CT molecular complexity index is 914. The second kappa shape index (κ2) is 6.99. The van der Waals surface area contributed by atoms with E-state index in [1.165, 1.54) is 0 Å². The predicted molar refractivity (Wildman–Crippen MR) is 103 cm³/mol. The zero-order valence-electron chi connectivity index (χ0n) is 15.1. The van der Waals surface area contributed by atoms with E-state index >= 15 is 0 Å². The fourth-order valence-electron chi connectivity index (χ4n) is 3.73. The van der Waals surface area contributed by atoms with Gasteiger partial charge in [-0.1, -0.05) is 0 Å². The molecule has 27 heavy (non-hydrogen) atoms. The third kappa shape index (κ3) is 3.14. The highest BCUT2D eigenvalue weighted by atomic mass is 16.5. The van der Waals surface area contributed by atoms with E-state index in [4.69, 9.17) is 4.74 Å². The standard InChI is InChI=1S/C18H22N8O/c1-2-19-17-14(1)18(23-13-22-17)26-5-3-24(4-6-26)15-11-16(21-12-20-15)25-7-9-27-10-8-25/h1-2,11-13H,3-10H2,(H,19,22,23). The van der Waals surface area contributed by atoms with E-state index in [1.807, 2.05) is 12.3 Å². The molecule has 3 aromatic heterocycles. The summed E-state index contributed by atoms with van der Waals surface area (Å²) in [6, 6.07) is 4.13. The quantitative estimate of drug-likeness (QED) is 0.732. The van der Waals surface area contributed by atoms with Crippen molar-refractivity contribution in [1.29, 1.82) is 0 Å². The first-order valence-corrected chi connectivity index (χ1v) is 9.31. The fourth-order valence-corrected chi connectivity index (χ4v) is 3.73. The summed E-state index contributed by atoms with van der Waals surface area (Å²) in [6.45, 7) is 6.86. The van der Waals surface area contributed by atoms with E-state index in [1.54, 1.807) is 12.7 Å². The number of nitrogens with zero attached hydrogens (tertiary/aromatic N) is 7. The van der Waals surface area contributed by atoms with Crippen molar-refractivity contribution < 1.29 is 4.74 Å². The van der Waals surface area contributed by atoms with Crippen LogP contribution in [-0.2, 0) is 4.74 Å². The van der Waals surface area contributed by atoms with Gasteiger partial charge in [-0.3, -0.25) is 0 Å². The minimum Gasteiger partial charge on any atom is -0.378 e. The Morgan fingerprint density at radius 2 is 1.44 bits per heavy atom. The maximum atomic E-state index is 5.43. The van der Waals surface area contributed by atoms with Crippen molar-refractivity contribution in [3.8, 4) is 0 Å². The van der Waals surface area contributed by atoms with Crippen LogP contribution < -0.4 is 14.7 Å². The van der Waals surface area contributed by atoms with Crippen LogP contribution in [0.25, 0.3) is 11.0 Å². The van der Waals surface area contributed by atoms with Gasteiger partial charge < -0.3 is 24.4 Å². The molecule has 0 saturated carbocycles. The van der Waals surface area contributed by atoms with E-state index in [0.717, 1.165) is 81.0 Å². The van der Waals surface area contributed by atoms with Gasteiger partial charge in [0.1, 0.15) is 35.8 Å². The number of hydrogen-bond acceptors (Lipinski definition) is 8. The van der Waals surface area contributed by atoms with Gasteiger partial charge in [-0.25, -0.2) is 19.9 Å². The van der Waals surface area contributed by atoms with Gasteiger partial charge >= 0.3 is 0 Å². The Labute approximate surface area is 157 Å². The van der Waals surface area contributed by atoms with Gasteiger partial charge in [-0.15, -0.1) is 0 Å². The highest BCUT2D eigenvalue weighted by Gasteiger charge is 2.22. The molecule has 0 bridgehead atoms. The molecule has 5 heterocycles. The summed E-state index contributed by atoms with van der Waals surface area (Å²) in [4.78, 5) is 27.8. The largest absolute Gasteiger partial charge is 0.378 e. The van der Waals surface area contributed by atoms with Gasteiger partial charge in [-0.2, -0.15) is 0 Å². The maximum absolute atomic E-state index is 5.43. The second-order valence-corrected chi connectivity index (χ2v) is 6.75. The average molecular weight is 366 g/mol. The fraction of sp³-hybridized carbons (Fsp3) is 0.444. The summed E-state index contributed by atoms with van der Waals surface area (Å²) in [5, 5.41) is 1.07. The van der Waals surface area contributed by atoms with Crippen molar-refractivity contribution in [3.05, 3.63) is 31.0 Å². The molecule has 9 nitrogen and oxygen atoms in total. The molecule has 0 atom stereocenters. The van der Waals surface area contributed by atoms with E-state index in [-0.39, 0.29) is 0 Å². The number of piperazine rings is 1. The summed E-state index contributed by atoms with van der Waals surface area (Å²) in [7, 11) is 0. The predicted octanol–water partition coefficient (Wildman–Crippen LogP) is 0.911. The van der Waals surface area contributed by atoms with Gasteiger partial charge in [0.05, 0.1) is 18.6 Å². The maximum Gasteiger partial charge on any atom is 0.142 e. The number of nitrogens with one attached hydrogen (secondary N) is 1. The minimum atomic E-state index is 0.755. The SMILES string of the molecule is c1nc(N2CCOCC2)cc(N2CCN(c3ncnc4[nH]ccc34)CC2)n1. The lowest BCUT2D eigenvalue weighted by molar-refractivity contribution is 0.122. The second-order valence-electron chi connectivity index (χ2n) is 6.75. The summed E-state index contributed by atoms with van der Waals surface area (Å²) >= 11 is 0. The molecule has 9 heteroatoms. The van der Waals surface area contributed by atoms with E-state index in [0.29, 0.717) is 0 Å². The van der Waals surface area contributed by atoms with Crippen LogP contribution in [0, 0.1) is 0 Å². The molecule has 0 aromatic carbocycles. The molecule has 1 N–H and O–H groups in total. The van der Waals surface area contributed by atoms with Crippen LogP contribution >= 0.6 is 0 Å². The minimum absolute atomic E-state index is 0.755. The first-order valence-electron chi connectivity index (χ1n) is 9.31. The molecule has 3 aromatic rings. The van der Waals surface area contributed by atoms with Crippen LogP contribution in [0.1, 0.15) is 0 Å². The number of hydrogen-bond donors (Lipinski definition) is 1. The monoisotopic (exact) mass is 366 g/mol. The molecule has 2 fully saturated rings. The van der Waals surface area contributed by atoms with Crippen LogP contribution in [0.15, 0.2) is 31.0 Å². The van der Waals surface area contributed by atoms with Crippen LogP contribution in [0.3, 0.4) is 0 Å². The molecular weight excluding hydrogens is 344 g/mol. The Morgan fingerprint density at radius 1 is 0.778 bits per heavy atom. The molecular formula is C18H22N8O. The van der Waals surface area contributed by atoms with Crippen molar-refractivity contribution in [2.75, 3.05) is 67.2 Å². The highest BCUT2D eigenvalue weighted by molar-refractivity contribution is 5.87. The zero-order chi connectivity index (χ0) is 18.1. The molecule has 2 saturated heterocycles. The third-order valence-corrected chi connectivity index (χ3v) is 5.21. The van der Waals surface area contributed by atoms with Gasteiger partial charge in [0.15, 0.2) is 0 Å². The Kier molecular flexibility index (Phi) is 4.21. The van der Waals surface area contributed by atoms with Gasteiger partial charge in [0.2, 0.25) is 0 Å². The van der Waals surface area contributed by atoms with Crippen molar-refractivity contribution in [2.24, 2.45) is 0 Å². The molecule has 5 rings (SSSR count). The Balaban J connectivity index is 1.30. The summed E-state index contributed by atoms with van der Waals surface area (Å²) in [5.74, 6) is 2.97. The lowest BCUT2D eigenvalue weighted by atomic mass is 10.2. The number of ether oxygens (including phenoxy) is 1. The molecule has 140 valence electrons.